The van der Waals surface area contributed by atoms with E-state index in [1.54, 1.807) is 12.1 Å². The van der Waals surface area contributed by atoms with Crippen molar-refractivity contribution < 1.29 is 28.8 Å². The third kappa shape index (κ3) is 5.02. The largest absolute Gasteiger partial charge is 0.465 e. The summed E-state index contributed by atoms with van der Waals surface area (Å²) in [7, 11) is 1.20. The number of carbonyl (C=O) groups excluding carboxylic acids is 3. The molecule has 0 aliphatic carbocycles. The first-order valence-electron chi connectivity index (χ1n) is 7.41. The highest BCUT2D eigenvalue weighted by molar-refractivity contribution is 6.31. The number of methoxy groups -OCH3 is 1. The summed E-state index contributed by atoms with van der Waals surface area (Å²) in [5.41, 5.74) is -0.591. The van der Waals surface area contributed by atoms with Gasteiger partial charge in [-0.1, -0.05) is 23.7 Å². The Morgan fingerprint density at radius 1 is 1.11 bits per heavy atom. The van der Waals surface area contributed by atoms with Gasteiger partial charge in [-0.15, -0.1) is 0 Å². The number of carbonyl (C=O) groups is 3. The minimum atomic E-state index is -1.06. The molecule has 140 valence electrons. The molecule has 2 rings (SSSR count). The van der Waals surface area contributed by atoms with Crippen LogP contribution < -0.4 is 5.32 Å². The van der Waals surface area contributed by atoms with Gasteiger partial charge in [0, 0.05) is 11.1 Å². The fourth-order valence-corrected chi connectivity index (χ4v) is 2.27. The maximum atomic E-state index is 12.0. The van der Waals surface area contributed by atoms with Crippen molar-refractivity contribution in [2.75, 3.05) is 19.0 Å². The van der Waals surface area contributed by atoms with Gasteiger partial charge in [-0.05, 0) is 24.3 Å². The number of ether oxygens (including phenoxy) is 2. The molecule has 2 aromatic rings. The van der Waals surface area contributed by atoms with E-state index in [4.69, 9.17) is 16.3 Å². The normalized spacial score (nSPS) is 10.0. The minimum Gasteiger partial charge on any atom is -0.465 e. The van der Waals surface area contributed by atoms with Crippen LogP contribution in [0.4, 0.5) is 11.4 Å². The van der Waals surface area contributed by atoms with Crippen LogP contribution in [0.1, 0.15) is 20.7 Å². The lowest BCUT2D eigenvalue weighted by Crippen LogP contribution is -2.22. The summed E-state index contributed by atoms with van der Waals surface area (Å²) in [6.45, 7) is -0.714. The van der Waals surface area contributed by atoms with Crippen molar-refractivity contribution >= 4 is 40.8 Å². The fraction of sp³-hybridized carbons (Fsp3) is 0.118. The standard InChI is InChI=1S/C17H13ClN2O7/c1-26-16(22)11-4-2-3-5-13(11)19-15(21)9-27-17(23)12-7-6-10(18)8-14(12)20(24)25/h2-8H,9H2,1H3,(H,19,21). The first-order valence-corrected chi connectivity index (χ1v) is 7.79. The lowest BCUT2D eigenvalue weighted by molar-refractivity contribution is -0.385. The van der Waals surface area contributed by atoms with E-state index in [9.17, 15) is 24.5 Å². The van der Waals surface area contributed by atoms with Crippen LogP contribution in [0.2, 0.25) is 5.02 Å². The van der Waals surface area contributed by atoms with Crippen molar-refractivity contribution in [2.24, 2.45) is 0 Å². The number of anilines is 1. The molecule has 0 fully saturated rings. The Balaban J connectivity index is 2.06. The predicted molar refractivity (Wildman–Crippen MR) is 94.8 cm³/mol. The van der Waals surface area contributed by atoms with E-state index in [1.165, 1.54) is 25.3 Å². The van der Waals surface area contributed by atoms with Crippen molar-refractivity contribution in [3.63, 3.8) is 0 Å². The van der Waals surface area contributed by atoms with Gasteiger partial charge in [0.15, 0.2) is 6.61 Å². The van der Waals surface area contributed by atoms with Gasteiger partial charge in [0.2, 0.25) is 0 Å². The van der Waals surface area contributed by atoms with Gasteiger partial charge >= 0.3 is 11.9 Å². The van der Waals surface area contributed by atoms with Gasteiger partial charge < -0.3 is 14.8 Å². The van der Waals surface area contributed by atoms with E-state index in [1.807, 2.05) is 0 Å². The Kier molecular flexibility index (Phi) is 6.45. The molecule has 10 heteroatoms. The van der Waals surface area contributed by atoms with Gasteiger partial charge in [0.25, 0.3) is 11.6 Å². The SMILES string of the molecule is COC(=O)c1ccccc1NC(=O)COC(=O)c1ccc(Cl)cc1[N+](=O)[O-]. The van der Waals surface area contributed by atoms with Crippen molar-refractivity contribution in [3.05, 3.63) is 68.7 Å². The molecule has 0 aromatic heterocycles. The van der Waals surface area contributed by atoms with Crippen molar-refractivity contribution in [3.8, 4) is 0 Å². The summed E-state index contributed by atoms with van der Waals surface area (Å²) in [5.74, 6) is -2.45. The average molecular weight is 393 g/mol. The van der Waals surface area contributed by atoms with Gasteiger partial charge in [0.05, 0.1) is 23.3 Å². The van der Waals surface area contributed by atoms with E-state index in [0.29, 0.717) is 0 Å². The maximum absolute atomic E-state index is 12.0. The molecule has 1 amide bonds. The minimum absolute atomic E-state index is 0.0791. The highest BCUT2D eigenvalue weighted by Gasteiger charge is 2.23. The summed E-state index contributed by atoms with van der Waals surface area (Å²) in [4.78, 5) is 45.9. The molecule has 0 saturated carbocycles. The molecule has 0 heterocycles. The number of esters is 2. The molecule has 2 aromatic carbocycles. The summed E-state index contributed by atoms with van der Waals surface area (Å²) in [6.07, 6.45) is 0. The number of nitrogens with zero attached hydrogens (tertiary/aromatic N) is 1. The monoisotopic (exact) mass is 392 g/mol. The zero-order chi connectivity index (χ0) is 20.0. The number of rotatable bonds is 6. The molecular formula is C17H13ClN2O7. The summed E-state index contributed by atoms with van der Waals surface area (Å²) >= 11 is 5.68. The topological polar surface area (TPSA) is 125 Å². The molecule has 0 aliphatic heterocycles. The van der Waals surface area contributed by atoms with Gasteiger partial charge in [0.1, 0.15) is 5.56 Å². The van der Waals surface area contributed by atoms with Crippen molar-refractivity contribution in [1.82, 2.24) is 0 Å². The van der Waals surface area contributed by atoms with E-state index in [2.05, 4.69) is 10.1 Å². The number of nitro benzene ring substituents is 1. The lowest BCUT2D eigenvalue weighted by atomic mass is 10.2. The maximum Gasteiger partial charge on any atom is 0.345 e. The molecule has 0 saturated heterocycles. The molecule has 0 aliphatic rings. The van der Waals surface area contributed by atoms with Crippen molar-refractivity contribution in [1.29, 1.82) is 0 Å². The zero-order valence-corrected chi connectivity index (χ0v) is 14.7. The third-order valence-corrected chi connectivity index (χ3v) is 3.55. The van der Waals surface area contributed by atoms with Crippen LogP contribution >= 0.6 is 11.6 Å². The van der Waals surface area contributed by atoms with E-state index in [0.717, 1.165) is 12.1 Å². The Morgan fingerprint density at radius 2 is 1.81 bits per heavy atom. The second-order valence-corrected chi connectivity index (χ2v) is 5.52. The number of benzene rings is 2. The quantitative estimate of drug-likeness (QED) is 0.455. The van der Waals surface area contributed by atoms with E-state index < -0.39 is 35.1 Å². The van der Waals surface area contributed by atoms with Crippen LogP contribution in [0.5, 0.6) is 0 Å². The second kappa shape index (κ2) is 8.77. The second-order valence-electron chi connectivity index (χ2n) is 5.08. The van der Waals surface area contributed by atoms with Crippen LogP contribution in [0.15, 0.2) is 42.5 Å². The number of para-hydroxylation sites is 1. The average Bonchev–Trinajstić information content (AvgIpc) is 2.65. The predicted octanol–water partition coefficient (Wildman–Crippen LogP) is 2.83. The van der Waals surface area contributed by atoms with Crippen LogP contribution in [-0.2, 0) is 14.3 Å². The summed E-state index contributed by atoms with van der Waals surface area (Å²) in [5, 5.41) is 13.5. The molecule has 27 heavy (non-hydrogen) atoms. The zero-order valence-electron chi connectivity index (χ0n) is 13.9. The molecule has 0 bridgehead atoms. The fourth-order valence-electron chi connectivity index (χ4n) is 2.10. The number of amides is 1. The Labute approximate surface area is 158 Å². The first-order chi connectivity index (χ1) is 12.8. The Hall–Kier alpha value is -3.46. The van der Waals surface area contributed by atoms with E-state index >= 15 is 0 Å². The highest BCUT2D eigenvalue weighted by atomic mass is 35.5. The number of hydrogen-bond donors (Lipinski definition) is 1. The van der Waals surface area contributed by atoms with Crippen molar-refractivity contribution in [2.45, 2.75) is 0 Å². The van der Waals surface area contributed by atoms with Gasteiger partial charge in [-0.2, -0.15) is 0 Å². The third-order valence-electron chi connectivity index (χ3n) is 3.32. The smallest absolute Gasteiger partial charge is 0.345 e. The number of nitrogens with one attached hydrogen (secondary N) is 1. The van der Waals surface area contributed by atoms with Gasteiger partial charge in [-0.25, -0.2) is 9.59 Å². The first kappa shape index (κ1) is 19.9. The summed E-state index contributed by atoms with van der Waals surface area (Å²) < 4.78 is 9.41. The number of halogens is 1. The Morgan fingerprint density at radius 3 is 2.48 bits per heavy atom. The number of nitro groups is 1. The van der Waals surface area contributed by atoms with Crippen LogP contribution in [0.25, 0.3) is 0 Å². The van der Waals surface area contributed by atoms with Crippen LogP contribution in [-0.4, -0.2) is 36.5 Å². The molecule has 0 unspecified atom stereocenters. The lowest BCUT2D eigenvalue weighted by Gasteiger charge is -2.10. The van der Waals surface area contributed by atoms with Crippen LogP contribution in [0.3, 0.4) is 0 Å². The molecule has 9 nitrogen and oxygen atoms in total. The van der Waals surface area contributed by atoms with Gasteiger partial charge in [-0.3, -0.25) is 14.9 Å². The van der Waals surface area contributed by atoms with E-state index in [-0.39, 0.29) is 21.8 Å². The molecular weight excluding hydrogens is 380 g/mol. The molecule has 0 atom stereocenters. The van der Waals surface area contributed by atoms with Crippen LogP contribution in [0, 0.1) is 10.1 Å². The molecule has 0 spiro atoms. The molecule has 0 radical (unpaired) electrons. The number of hydrogen-bond acceptors (Lipinski definition) is 7. The molecule has 1 N–H and O–H groups in total. The highest BCUT2D eigenvalue weighted by Crippen LogP contribution is 2.24. The summed E-state index contributed by atoms with van der Waals surface area (Å²) in [6, 6.07) is 9.52. The Bertz CT molecular complexity index is 914.